The van der Waals surface area contributed by atoms with Gasteiger partial charge in [0.1, 0.15) is 0 Å². The van der Waals surface area contributed by atoms with Crippen molar-refractivity contribution in [1.82, 2.24) is 15.0 Å². The quantitative estimate of drug-likeness (QED) is 0.738. The van der Waals surface area contributed by atoms with E-state index in [2.05, 4.69) is 46.3 Å². The van der Waals surface area contributed by atoms with Gasteiger partial charge < -0.3 is 5.32 Å². The summed E-state index contributed by atoms with van der Waals surface area (Å²) in [5.74, 6) is 0.528. The van der Waals surface area contributed by atoms with E-state index in [0.29, 0.717) is 11.5 Å². The largest absolute Gasteiger partial charge is 0.324 e. The second kappa shape index (κ2) is 6.48. The van der Waals surface area contributed by atoms with Crippen LogP contribution in [-0.2, 0) is 11.8 Å². The third-order valence-corrected chi connectivity index (χ3v) is 5.24. The van der Waals surface area contributed by atoms with Crippen LogP contribution in [0, 0.1) is 18.3 Å². The van der Waals surface area contributed by atoms with Crippen LogP contribution >= 0.6 is 0 Å². The Morgan fingerprint density at radius 1 is 1.15 bits per heavy atom. The highest BCUT2D eigenvalue weighted by atomic mass is 15.1. The lowest BCUT2D eigenvalue weighted by molar-refractivity contribution is 0.522. The first kappa shape index (κ1) is 17.2. The predicted molar refractivity (Wildman–Crippen MR) is 106 cm³/mol. The normalized spacial score (nSPS) is 14.4. The number of rotatable bonds is 3. The van der Waals surface area contributed by atoms with Crippen molar-refractivity contribution in [3.05, 3.63) is 65.1 Å². The molecule has 3 aromatic rings. The van der Waals surface area contributed by atoms with E-state index in [1.165, 1.54) is 11.3 Å². The molecule has 2 heterocycles. The number of hydrogen-bond donors (Lipinski definition) is 1. The van der Waals surface area contributed by atoms with Crippen molar-refractivity contribution in [2.24, 2.45) is 0 Å². The van der Waals surface area contributed by atoms with Gasteiger partial charge in [-0.05, 0) is 66.6 Å². The maximum Gasteiger partial charge on any atom is 0.227 e. The van der Waals surface area contributed by atoms with E-state index in [-0.39, 0.29) is 5.41 Å². The van der Waals surface area contributed by atoms with Crippen LogP contribution in [0.15, 0.2) is 42.7 Å². The molecule has 0 radical (unpaired) electrons. The Morgan fingerprint density at radius 2 is 2.00 bits per heavy atom. The van der Waals surface area contributed by atoms with Crippen molar-refractivity contribution < 1.29 is 0 Å². The molecular formula is C22H21N5. The van der Waals surface area contributed by atoms with Gasteiger partial charge in [-0.25, -0.2) is 9.97 Å². The molecule has 27 heavy (non-hydrogen) atoms. The number of benzene rings is 1. The van der Waals surface area contributed by atoms with E-state index < -0.39 is 0 Å². The number of aromatic nitrogens is 3. The summed E-state index contributed by atoms with van der Waals surface area (Å²) in [7, 11) is 0. The number of hydrogen-bond acceptors (Lipinski definition) is 5. The molecule has 4 rings (SSSR count). The van der Waals surface area contributed by atoms with Gasteiger partial charge in [0.05, 0.1) is 17.3 Å². The summed E-state index contributed by atoms with van der Waals surface area (Å²) in [5.41, 5.74) is 7.03. The summed E-state index contributed by atoms with van der Waals surface area (Å²) >= 11 is 0. The van der Waals surface area contributed by atoms with Gasteiger partial charge in [-0.3, -0.25) is 4.98 Å². The smallest absolute Gasteiger partial charge is 0.227 e. The summed E-state index contributed by atoms with van der Waals surface area (Å²) in [5, 5.41) is 12.3. The third-order valence-electron chi connectivity index (χ3n) is 5.24. The van der Waals surface area contributed by atoms with Crippen molar-refractivity contribution in [3.8, 4) is 17.3 Å². The third kappa shape index (κ3) is 3.26. The molecule has 1 N–H and O–H groups in total. The summed E-state index contributed by atoms with van der Waals surface area (Å²) < 4.78 is 0. The monoisotopic (exact) mass is 355 g/mol. The average molecular weight is 355 g/mol. The maximum absolute atomic E-state index is 9.01. The van der Waals surface area contributed by atoms with Gasteiger partial charge in [0.2, 0.25) is 5.95 Å². The summed E-state index contributed by atoms with van der Waals surface area (Å²) in [6.07, 6.45) is 5.83. The SMILES string of the molecule is Cc1cc(C#N)ccc1Nc1nccc(-c2cnc3c(c2)C(C)(C)CC3)n1. The summed E-state index contributed by atoms with van der Waals surface area (Å²) in [4.78, 5) is 13.7. The Hall–Kier alpha value is -3.26. The molecule has 1 aromatic carbocycles. The molecule has 5 nitrogen and oxygen atoms in total. The molecule has 134 valence electrons. The number of aryl methyl sites for hydroxylation is 2. The van der Waals surface area contributed by atoms with Crippen LogP contribution in [0.25, 0.3) is 11.3 Å². The highest BCUT2D eigenvalue weighted by Gasteiger charge is 2.31. The zero-order chi connectivity index (χ0) is 19.0. The molecule has 0 fully saturated rings. The van der Waals surface area contributed by atoms with Crippen molar-refractivity contribution in [2.45, 2.75) is 39.0 Å². The van der Waals surface area contributed by atoms with E-state index in [0.717, 1.165) is 35.3 Å². The Bertz CT molecular complexity index is 1060. The topological polar surface area (TPSA) is 74.5 Å². The lowest BCUT2D eigenvalue weighted by Crippen LogP contribution is -2.12. The standard InChI is InChI=1S/C22H21N5/c1-14-10-15(12-23)4-5-18(14)26-21-24-9-7-19(27-21)16-11-17-20(25-13-16)6-8-22(17,2)3/h4-5,7,9-11,13H,6,8H2,1-3H3,(H,24,26,27). The number of nitrogens with one attached hydrogen (secondary N) is 1. The minimum absolute atomic E-state index is 0.159. The van der Waals surface area contributed by atoms with Gasteiger partial charge in [-0.2, -0.15) is 5.26 Å². The van der Waals surface area contributed by atoms with E-state index in [1.54, 1.807) is 12.3 Å². The Kier molecular flexibility index (Phi) is 4.12. The molecule has 1 aliphatic rings. The van der Waals surface area contributed by atoms with Crippen LogP contribution in [0.5, 0.6) is 0 Å². The van der Waals surface area contributed by atoms with E-state index >= 15 is 0 Å². The van der Waals surface area contributed by atoms with Crippen LogP contribution < -0.4 is 5.32 Å². The van der Waals surface area contributed by atoms with Gasteiger partial charge in [0.15, 0.2) is 0 Å². The van der Waals surface area contributed by atoms with Crippen LogP contribution in [0.2, 0.25) is 0 Å². The maximum atomic E-state index is 9.01. The lowest BCUT2D eigenvalue weighted by Gasteiger charge is -2.19. The molecule has 5 heteroatoms. The molecule has 1 aliphatic carbocycles. The second-order valence-corrected chi connectivity index (χ2v) is 7.63. The number of anilines is 2. The molecule has 0 saturated carbocycles. The number of nitrogens with zero attached hydrogens (tertiary/aromatic N) is 4. The number of pyridine rings is 1. The highest BCUT2D eigenvalue weighted by Crippen LogP contribution is 2.38. The van der Waals surface area contributed by atoms with Crippen molar-refractivity contribution >= 4 is 11.6 Å². The molecule has 0 bridgehead atoms. The average Bonchev–Trinajstić information content (AvgIpc) is 2.98. The van der Waals surface area contributed by atoms with Gasteiger partial charge in [-0.1, -0.05) is 13.8 Å². The molecule has 0 aliphatic heterocycles. The fourth-order valence-corrected chi connectivity index (χ4v) is 3.56. The molecule has 2 aromatic heterocycles. The fourth-order valence-electron chi connectivity index (χ4n) is 3.56. The summed E-state index contributed by atoms with van der Waals surface area (Å²) in [6, 6.07) is 11.8. The molecular weight excluding hydrogens is 334 g/mol. The Labute approximate surface area is 159 Å². The predicted octanol–water partition coefficient (Wildman–Crippen LogP) is 4.69. The molecule has 0 unspecified atom stereocenters. The minimum Gasteiger partial charge on any atom is -0.324 e. The molecule has 0 saturated heterocycles. The lowest BCUT2D eigenvalue weighted by atomic mass is 9.86. The first-order chi connectivity index (χ1) is 13.0. The first-order valence-corrected chi connectivity index (χ1v) is 9.07. The van der Waals surface area contributed by atoms with Crippen LogP contribution in [0.1, 0.15) is 42.7 Å². The van der Waals surface area contributed by atoms with Crippen molar-refractivity contribution in [1.29, 1.82) is 5.26 Å². The van der Waals surface area contributed by atoms with Crippen LogP contribution in [0.3, 0.4) is 0 Å². The minimum atomic E-state index is 0.159. The number of fused-ring (bicyclic) bond motifs is 1. The van der Waals surface area contributed by atoms with Crippen molar-refractivity contribution in [2.75, 3.05) is 5.32 Å². The Balaban J connectivity index is 1.65. The van der Waals surface area contributed by atoms with E-state index in [1.807, 2.05) is 31.3 Å². The number of nitriles is 1. The van der Waals surface area contributed by atoms with Gasteiger partial charge in [0.25, 0.3) is 0 Å². The van der Waals surface area contributed by atoms with Crippen LogP contribution in [-0.4, -0.2) is 15.0 Å². The molecule has 0 atom stereocenters. The molecule has 0 amide bonds. The summed E-state index contributed by atoms with van der Waals surface area (Å²) in [6.45, 7) is 6.50. The van der Waals surface area contributed by atoms with Crippen molar-refractivity contribution in [3.63, 3.8) is 0 Å². The molecule has 0 spiro atoms. The van der Waals surface area contributed by atoms with Gasteiger partial charge >= 0.3 is 0 Å². The van der Waals surface area contributed by atoms with E-state index in [9.17, 15) is 0 Å². The van der Waals surface area contributed by atoms with E-state index in [4.69, 9.17) is 5.26 Å². The fraction of sp³-hybridized carbons (Fsp3) is 0.273. The van der Waals surface area contributed by atoms with Gasteiger partial charge in [0, 0.05) is 29.3 Å². The zero-order valence-electron chi connectivity index (χ0n) is 15.7. The second-order valence-electron chi connectivity index (χ2n) is 7.63. The Morgan fingerprint density at radius 3 is 2.78 bits per heavy atom. The zero-order valence-corrected chi connectivity index (χ0v) is 15.7. The van der Waals surface area contributed by atoms with Gasteiger partial charge in [-0.15, -0.1) is 0 Å². The van der Waals surface area contributed by atoms with Crippen LogP contribution in [0.4, 0.5) is 11.6 Å². The highest BCUT2D eigenvalue weighted by molar-refractivity contribution is 5.64. The first-order valence-electron chi connectivity index (χ1n) is 9.07.